The normalized spacial score (nSPS) is 10.2. The molecule has 0 aliphatic heterocycles. The van der Waals surface area contributed by atoms with E-state index in [2.05, 4.69) is 20.0 Å². The van der Waals surface area contributed by atoms with Crippen molar-refractivity contribution in [1.82, 2.24) is 14.5 Å². The fourth-order valence-electron chi connectivity index (χ4n) is 1.96. The zero-order chi connectivity index (χ0) is 15.5. The lowest BCUT2D eigenvalue weighted by molar-refractivity contribution is 0.197. The summed E-state index contributed by atoms with van der Waals surface area (Å²) in [6.45, 7) is 0. The summed E-state index contributed by atoms with van der Waals surface area (Å²) in [6, 6.07) is 8.00. The van der Waals surface area contributed by atoms with E-state index in [1.165, 1.54) is 18.6 Å². The summed E-state index contributed by atoms with van der Waals surface area (Å²) in [7, 11) is 0. The van der Waals surface area contributed by atoms with Crippen LogP contribution in [0.15, 0.2) is 48.0 Å². The second-order valence-corrected chi connectivity index (χ2v) is 4.19. The Balaban J connectivity index is 1.92. The SMILES string of the molecule is [N-]=[N+]=Nc1cc(Oc2ccc3c(ccn3C(=O)O)c2)ncn1. The number of hydrogen-bond acceptors (Lipinski definition) is 5. The van der Waals surface area contributed by atoms with E-state index in [0.717, 1.165) is 4.57 Å². The van der Waals surface area contributed by atoms with Crippen LogP contribution in [-0.4, -0.2) is 25.7 Å². The third-order valence-corrected chi connectivity index (χ3v) is 2.86. The van der Waals surface area contributed by atoms with Gasteiger partial charge in [0.05, 0.1) is 5.52 Å². The molecule has 9 nitrogen and oxygen atoms in total. The Morgan fingerprint density at radius 3 is 2.95 bits per heavy atom. The van der Waals surface area contributed by atoms with Crippen molar-refractivity contribution in [3.05, 3.63) is 53.3 Å². The second-order valence-electron chi connectivity index (χ2n) is 4.19. The monoisotopic (exact) mass is 296 g/mol. The maximum absolute atomic E-state index is 11.0. The molecule has 0 atom stereocenters. The van der Waals surface area contributed by atoms with Crippen LogP contribution in [0, 0.1) is 0 Å². The van der Waals surface area contributed by atoms with Crippen LogP contribution in [0.5, 0.6) is 11.6 Å². The quantitative estimate of drug-likeness (QED) is 0.448. The number of hydrogen-bond donors (Lipinski definition) is 1. The predicted molar refractivity (Wildman–Crippen MR) is 76.3 cm³/mol. The number of azide groups is 1. The predicted octanol–water partition coefficient (Wildman–Crippen LogP) is 3.69. The Labute approximate surface area is 123 Å². The van der Waals surface area contributed by atoms with E-state index in [0.29, 0.717) is 16.7 Å². The number of aromatic nitrogens is 3. The van der Waals surface area contributed by atoms with Gasteiger partial charge >= 0.3 is 6.09 Å². The number of carboxylic acid groups (broad SMARTS) is 1. The highest BCUT2D eigenvalue weighted by Crippen LogP contribution is 2.26. The highest BCUT2D eigenvalue weighted by atomic mass is 16.5. The van der Waals surface area contributed by atoms with E-state index >= 15 is 0 Å². The standard InChI is InChI=1S/C13H8N6O3/c14-18-17-11-6-12(16-7-15-11)22-9-1-2-10-8(5-9)3-4-19(10)13(20)21/h1-7H,(H,20,21). The lowest BCUT2D eigenvalue weighted by atomic mass is 10.2. The number of rotatable bonds is 3. The Morgan fingerprint density at radius 2 is 2.18 bits per heavy atom. The maximum Gasteiger partial charge on any atom is 0.415 e. The van der Waals surface area contributed by atoms with E-state index in [1.807, 2.05) is 0 Å². The summed E-state index contributed by atoms with van der Waals surface area (Å²) >= 11 is 0. The topological polar surface area (TPSA) is 126 Å². The average molecular weight is 296 g/mol. The number of carbonyl (C=O) groups is 1. The summed E-state index contributed by atoms with van der Waals surface area (Å²) in [5, 5.41) is 13.1. The molecule has 0 aliphatic rings. The molecule has 22 heavy (non-hydrogen) atoms. The molecule has 0 radical (unpaired) electrons. The molecule has 0 spiro atoms. The van der Waals surface area contributed by atoms with Crippen molar-refractivity contribution in [3.63, 3.8) is 0 Å². The van der Waals surface area contributed by atoms with Gasteiger partial charge in [-0.2, -0.15) is 0 Å². The zero-order valence-corrected chi connectivity index (χ0v) is 11.0. The minimum Gasteiger partial charge on any atom is -0.464 e. The zero-order valence-electron chi connectivity index (χ0n) is 11.0. The molecule has 0 amide bonds. The minimum atomic E-state index is -1.06. The third kappa shape index (κ3) is 2.51. The fourth-order valence-corrected chi connectivity index (χ4v) is 1.96. The Kier molecular flexibility index (Phi) is 3.31. The molecule has 1 N–H and O–H groups in total. The number of fused-ring (bicyclic) bond motifs is 1. The van der Waals surface area contributed by atoms with Gasteiger partial charge < -0.3 is 9.84 Å². The van der Waals surface area contributed by atoms with Crippen LogP contribution in [0.25, 0.3) is 21.3 Å². The minimum absolute atomic E-state index is 0.144. The van der Waals surface area contributed by atoms with Gasteiger partial charge in [0.2, 0.25) is 5.88 Å². The van der Waals surface area contributed by atoms with Crippen LogP contribution < -0.4 is 4.74 Å². The van der Waals surface area contributed by atoms with E-state index in [1.54, 1.807) is 24.3 Å². The molecule has 0 saturated heterocycles. The van der Waals surface area contributed by atoms with Crippen molar-refractivity contribution in [2.45, 2.75) is 0 Å². The third-order valence-electron chi connectivity index (χ3n) is 2.86. The first kappa shape index (κ1) is 13.4. The van der Waals surface area contributed by atoms with Crippen LogP contribution in [0.1, 0.15) is 0 Å². The van der Waals surface area contributed by atoms with E-state index < -0.39 is 6.09 Å². The van der Waals surface area contributed by atoms with Crippen LogP contribution >= 0.6 is 0 Å². The van der Waals surface area contributed by atoms with Crippen molar-refractivity contribution in [3.8, 4) is 11.6 Å². The molecular formula is C13H8N6O3. The van der Waals surface area contributed by atoms with Crippen LogP contribution in [0.3, 0.4) is 0 Å². The molecule has 0 bridgehead atoms. The molecule has 9 heteroatoms. The van der Waals surface area contributed by atoms with Crippen molar-refractivity contribution in [2.24, 2.45) is 5.11 Å². The highest BCUT2D eigenvalue weighted by molar-refractivity contribution is 5.89. The summed E-state index contributed by atoms with van der Waals surface area (Å²) in [5.74, 6) is 0.834. The first-order valence-corrected chi connectivity index (χ1v) is 6.07. The highest BCUT2D eigenvalue weighted by Gasteiger charge is 2.08. The molecule has 0 aliphatic carbocycles. The van der Waals surface area contributed by atoms with E-state index in [9.17, 15) is 4.79 Å². The summed E-state index contributed by atoms with van der Waals surface area (Å²) in [5.41, 5.74) is 8.93. The van der Waals surface area contributed by atoms with Gasteiger partial charge in [-0.15, -0.1) is 0 Å². The molecule has 3 aromatic rings. The molecule has 0 saturated carbocycles. The van der Waals surface area contributed by atoms with Gasteiger partial charge in [-0.1, -0.05) is 0 Å². The largest absolute Gasteiger partial charge is 0.464 e. The average Bonchev–Trinajstić information content (AvgIpc) is 2.91. The molecule has 1 aromatic carbocycles. The van der Waals surface area contributed by atoms with Gasteiger partial charge in [0.15, 0.2) is 0 Å². The summed E-state index contributed by atoms with van der Waals surface area (Å²) in [6.07, 6.45) is 1.62. The first-order chi connectivity index (χ1) is 10.7. The molecule has 108 valence electrons. The lowest BCUT2D eigenvalue weighted by Gasteiger charge is -2.05. The summed E-state index contributed by atoms with van der Waals surface area (Å²) < 4.78 is 6.67. The van der Waals surface area contributed by atoms with Crippen molar-refractivity contribution in [2.75, 3.05) is 0 Å². The smallest absolute Gasteiger partial charge is 0.415 e. The Bertz CT molecular complexity index is 913. The van der Waals surface area contributed by atoms with Crippen molar-refractivity contribution in [1.29, 1.82) is 0 Å². The molecular weight excluding hydrogens is 288 g/mol. The van der Waals surface area contributed by atoms with Crippen LogP contribution in [0.4, 0.5) is 10.6 Å². The second kappa shape index (κ2) is 5.43. The van der Waals surface area contributed by atoms with Crippen LogP contribution in [-0.2, 0) is 0 Å². The van der Waals surface area contributed by atoms with Gasteiger partial charge in [0, 0.05) is 22.6 Å². The number of nitrogens with zero attached hydrogens (tertiary/aromatic N) is 6. The van der Waals surface area contributed by atoms with Gasteiger partial charge in [-0.25, -0.2) is 14.8 Å². The molecule has 0 fully saturated rings. The maximum atomic E-state index is 11.0. The van der Waals surface area contributed by atoms with Gasteiger partial charge in [0.25, 0.3) is 0 Å². The Hall–Kier alpha value is -3.58. The number of ether oxygens (including phenoxy) is 1. The van der Waals surface area contributed by atoms with Gasteiger partial charge in [-0.3, -0.25) is 4.57 Å². The summed E-state index contributed by atoms with van der Waals surface area (Å²) in [4.78, 5) is 21.3. The first-order valence-electron chi connectivity index (χ1n) is 6.07. The van der Waals surface area contributed by atoms with E-state index in [4.69, 9.17) is 15.4 Å². The molecule has 2 heterocycles. The number of benzene rings is 1. The van der Waals surface area contributed by atoms with Crippen molar-refractivity contribution >= 4 is 22.8 Å². The van der Waals surface area contributed by atoms with Crippen molar-refractivity contribution < 1.29 is 14.6 Å². The van der Waals surface area contributed by atoms with Crippen LogP contribution in [0.2, 0.25) is 0 Å². The molecule has 3 rings (SSSR count). The Morgan fingerprint density at radius 1 is 1.32 bits per heavy atom. The van der Waals surface area contributed by atoms with Gasteiger partial charge in [-0.05, 0) is 34.9 Å². The lowest BCUT2D eigenvalue weighted by Crippen LogP contribution is -2.05. The van der Waals surface area contributed by atoms with E-state index in [-0.39, 0.29) is 11.7 Å². The van der Waals surface area contributed by atoms with Gasteiger partial charge in [0.1, 0.15) is 17.9 Å². The molecule has 0 unspecified atom stereocenters. The fraction of sp³-hybridized carbons (Fsp3) is 0. The molecule has 2 aromatic heterocycles.